The van der Waals surface area contributed by atoms with Gasteiger partial charge < -0.3 is 5.11 Å². The van der Waals surface area contributed by atoms with E-state index < -0.39 is 12.1 Å². The zero-order valence-electron chi connectivity index (χ0n) is 5.70. The Kier molecular flexibility index (Phi) is 1.61. The third-order valence-electron chi connectivity index (χ3n) is 1.78. The highest BCUT2D eigenvalue weighted by Gasteiger charge is 2.31. The van der Waals surface area contributed by atoms with Crippen LogP contribution in [0.25, 0.3) is 0 Å². The molecule has 0 aromatic rings. The summed E-state index contributed by atoms with van der Waals surface area (Å²) in [5, 5.41) is 8.48. The number of hydrogen-bond acceptors (Lipinski definition) is 2. The number of nitrogens with zero attached hydrogens (tertiary/aromatic N) is 1. The van der Waals surface area contributed by atoms with Crippen LogP contribution in [0.5, 0.6) is 0 Å². The summed E-state index contributed by atoms with van der Waals surface area (Å²) in [4.78, 5) is 22.3. The van der Waals surface area contributed by atoms with Gasteiger partial charge in [-0.3, -0.25) is 9.69 Å². The van der Waals surface area contributed by atoms with E-state index in [0.29, 0.717) is 13.0 Å². The summed E-state index contributed by atoms with van der Waals surface area (Å²) in [7, 11) is 0. The fourth-order valence-electron chi connectivity index (χ4n) is 1.07. The number of hydrogen-bond donors (Lipinski definition) is 1. The van der Waals surface area contributed by atoms with Crippen molar-refractivity contribution in [2.45, 2.75) is 19.4 Å². The van der Waals surface area contributed by atoms with E-state index in [1.54, 1.807) is 6.92 Å². The van der Waals surface area contributed by atoms with E-state index in [0.717, 1.165) is 4.90 Å². The lowest BCUT2D eigenvalue weighted by Crippen LogP contribution is -2.34. The van der Waals surface area contributed by atoms with Crippen molar-refractivity contribution in [3.05, 3.63) is 0 Å². The van der Waals surface area contributed by atoms with Gasteiger partial charge in [-0.25, -0.2) is 4.79 Å². The monoisotopic (exact) mass is 143 g/mol. The number of carbonyl (C=O) groups excluding carboxylic acids is 1. The highest BCUT2D eigenvalue weighted by atomic mass is 16.4. The van der Waals surface area contributed by atoms with E-state index in [4.69, 9.17) is 5.11 Å². The van der Waals surface area contributed by atoms with Crippen molar-refractivity contribution in [1.29, 1.82) is 0 Å². The number of likely N-dealkylation sites (tertiary alicyclic amines) is 1. The van der Waals surface area contributed by atoms with Gasteiger partial charge in [0, 0.05) is 13.0 Å². The quantitative estimate of drug-likeness (QED) is 0.531. The van der Waals surface area contributed by atoms with Crippen LogP contribution in [0.2, 0.25) is 0 Å². The van der Waals surface area contributed by atoms with Gasteiger partial charge in [0.25, 0.3) is 0 Å². The molecule has 0 spiro atoms. The molecule has 1 heterocycles. The molecule has 0 aromatic carbocycles. The lowest BCUT2D eigenvalue weighted by molar-refractivity contribution is -0.119. The maximum absolute atomic E-state index is 10.8. The summed E-state index contributed by atoms with van der Waals surface area (Å²) < 4.78 is 0. The van der Waals surface area contributed by atoms with Crippen molar-refractivity contribution >= 4 is 11.9 Å². The van der Waals surface area contributed by atoms with Crippen LogP contribution in [-0.4, -0.2) is 34.5 Å². The molecule has 10 heavy (non-hydrogen) atoms. The molecular formula is C6H9NO3. The Morgan fingerprint density at radius 2 is 2.40 bits per heavy atom. The lowest BCUT2D eigenvalue weighted by Gasteiger charge is -2.14. The number of amides is 1. The van der Waals surface area contributed by atoms with E-state index >= 15 is 0 Å². The van der Waals surface area contributed by atoms with Crippen LogP contribution in [0.3, 0.4) is 0 Å². The molecule has 1 saturated heterocycles. The molecule has 0 unspecified atom stereocenters. The van der Waals surface area contributed by atoms with Gasteiger partial charge in [0.15, 0.2) is 5.78 Å². The lowest BCUT2D eigenvalue weighted by atomic mass is 10.2. The van der Waals surface area contributed by atoms with Crippen molar-refractivity contribution in [3.63, 3.8) is 0 Å². The van der Waals surface area contributed by atoms with Crippen LogP contribution < -0.4 is 0 Å². The molecule has 1 atom stereocenters. The zero-order chi connectivity index (χ0) is 7.72. The Balaban J connectivity index is 2.66. The van der Waals surface area contributed by atoms with Crippen molar-refractivity contribution in [2.24, 2.45) is 0 Å². The molecule has 1 rings (SSSR count). The van der Waals surface area contributed by atoms with Crippen molar-refractivity contribution in [1.82, 2.24) is 4.90 Å². The number of Topliss-reactive ketones (excluding diaryl/α,β-unsaturated/α-hetero) is 1. The zero-order valence-corrected chi connectivity index (χ0v) is 5.70. The standard InChI is InChI=1S/C6H9NO3/c1-4-5(8)2-3-7(4)6(9)10/h4H,2-3H2,1H3,(H,9,10)/t4-/m1/s1. The normalized spacial score (nSPS) is 25.5. The fraction of sp³-hybridized carbons (Fsp3) is 0.667. The predicted octanol–water partition coefficient (Wildman–Crippen LogP) is 0.328. The van der Waals surface area contributed by atoms with Crippen molar-refractivity contribution in [2.75, 3.05) is 6.54 Å². The van der Waals surface area contributed by atoms with Gasteiger partial charge >= 0.3 is 6.09 Å². The molecule has 1 amide bonds. The SMILES string of the molecule is C[C@@H]1C(=O)CCN1C(=O)O. The van der Waals surface area contributed by atoms with E-state index in [1.165, 1.54) is 0 Å². The van der Waals surface area contributed by atoms with Crippen LogP contribution >= 0.6 is 0 Å². The maximum Gasteiger partial charge on any atom is 0.407 e. The average Bonchev–Trinajstić information content (AvgIpc) is 2.14. The molecule has 56 valence electrons. The Bertz CT molecular complexity index is 178. The maximum atomic E-state index is 10.8. The summed E-state index contributed by atoms with van der Waals surface area (Å²) in [6, 6.07) is -0.433. The number of ketones is 1. The smallest absolute Gasteiger partial charge is 0.407 e. The van der Waals surface area contributed by atoms with Gasteiger partial charge in [0.2, 0.25) is 0 Å². The van der Waals surface area contributed by atoms with Gasteiger partial charge in [-0.2, -0.15) is 0 Å². The largest absolute Gasteiger partial charge is 0.465 e. The summed E-state index contributed by atoms with van der Waals surface area (Å²) in [5.74, 6) is 0.0161. The second-order valence-electron chi connectivity index (χ2n) is 2.37. The molecule has 1 aliphatic heterocycles. The van der Waals surface area contributed by atoms with Crippen LogP contribution in [0.15, 0.2) is 0 Å². The van der Waals surface area contributed by atoms with E-state index in [2.05, 4.69) is 0 Å². The number of rotatable bonds is 0. The Labute approximate surface area is 58.4 Å². The predicted molar refractivity (Wildman–Crippen MR) is 33.8 cm³/mol. The first-order valence-electron chi connectivity index (χ1n) is 3.15. The average molecular weight is 143 g/mol. The number of carboxylic acid groups (broad SMARTS) is 1. The molecule has 1 aliphatic rings. The second kappa shape index (κ2) is 2.28. The fourth-order valence-corrected chi connectivity index (χ4v) is 1.07. The van der Waals surface area contributed by atoms with Gasteiger partial charge in [0.1, 0.15) is 0 Å². The molecular weight excluding hydrogens is 134 g/mol. The summed E-state index contributed by atoms with van der Waals surface area (Å²) in [5.41, 5.74) is 0. The minimum atomic E-state index is -1.00. The highest BCUT2D eigenvalue weighted by molar-refractivity contribution is 5.89. The Morgan fingerprint density at radius 3 is 2.60 bits per heavy atom. The van der Waals surface area contributed by atoms with Gasteiger partial charge in [-0.15, -0.1) is 0 Å². The molecule has 0 bridgehead atoms. The van der Waals surface area contributed by atoms with E-state index in [9.17, 15) is 9.59 Å². The molecule has 4 nitrogen and oxygen atoms in total. The Morgan fingerprint density at radius 1 is 1.80 bits per heavy atom. The van der Waals surface area contributed by atoms with E-state index in [-0.39, 0.29) is 5.78 Å². The second-order valence-corrected chi connectivity index (χ2v) is 2.37. The first-order chi connectivity index (χ1) is 4.63. The molecule has 0 radical (unpaired) electrons. The Hall–Kier alpha value is -1.06. The van der Waals surface area contributed by atoms with Crippen LogP contribution in [0.1, 0.15) is 13.3 Å². The summed E-state index contributed by atoms with van der Waals surface area (Å²) in [6.07, 6.45) is -0.633. The van der Waals surface area contributed by atoms with Crippen molar-refractivity contribution in [3.8, 4) is 0 Å². The topological polar surface area (TPSA) is 57.6 Å². The molecule has 1 N–H and O–H groups in total. The first kappa shape index (κ1) is 7.05. The van der Waals surface area contributed by atoms with Crippen LogP contribution in [0.4, 0.5) is 4.79 Å². The van der Waals surface area contributed by atoms with Gasteiger partial charge in [-0.1, -0.05) is 0 Å². The molecule has 0 saturated carbocycles. The van der Waals surface area contributed by atoms with E-state index in [1.807, 2.05) is 0 Å². The van der Waals surface area contributed by atoms with Crippen LogP contribution in [0, 0.1) is 0 Å². The minimum Gasteiger partial charge on any atom is -0.465 e. The summed E-state index contributed by atoms with van der Waals surface area (Å²) >= 11 is 0. The molecule has 0 aromatic heterocycles. The summed E-state index contributed by atoms with van der Waals surface area (Å²) in [6.45, 7) is 1.97. The van der Waals surface area contributed by atoms with Crippen molar-refractivity contribution < 1.29 is 14.7 Å². The molecule has 1 fully saturated rings. The van der Waals surface area contributed by atoms with Gasteiger partial charge in [0.05, 0.1) is 6.04 Å². The third-order valence-corrected chi connectivity index (χ3v) is 1.78. The van der Waals surface area contributed by atoms with Crippen LogP contribution in [-0.2, 0) is 4.79 Å². The van der Waals surface area contributed by atoms with Gasteiger partial charge in [-0.05, 0) is 6.92 Å². The highest BCUT2D eigenvalue weighted by Crippen LogP contribution is 2.12. The third kappa shape index (κ3) is 0.964. The molecule has 4 heteroatoms. The molecule has 0 aliphatic carbocycles. The minimum absolute atomic E-state index is 0.0161. The number of carbonyl (C=O) groups is 2. The first-order valence-corrected chi connectivity index (χ1v) is 3.15.